The van der Waals surface area contributed by atoms with Crippen LogP contribution in [0.4, 0.5) is 0 Å². The van der Waals surface area contributed by atoms with Gasteiger partial charge in [-0.25, -0.2) is 4.79 Å². The Morgan fingerprint density at radius 3 is 2.47 bits per heavy atom. The molecule has 0 aromatic heterocycles. The van der Waals surface area contributed by atoms with Gasteiger partial charge in [-0.2, -0.15) is 4.89 Å². The first-order valence-corrected chi connectivity index (χ1v) is 9.01. The fourth-order valence-corrected chi connectivity index (χ4v) is 2.64. The van der Waals surface area contributed by atoms with E-state index in [4.69, 9.17) is 4.74 Å². The van der Waals surface area contributed by atoms with Gasteiger partial charge in [0.1, 0.15) is 8.07 Å². The molecule has 0 N–H and O–H groups in total. The zero-order valence-electron chi connectivity index (χ0n) is 11.5. The molecule has 0 fully saturated rings. The van der Waals surface area contributed by atoms with Crippen molar-refractivity contribution in [3.63, 3.8) is 0 Å². The molecule has 5 heteroatoms. The van der Waals surface area contributed by atoms with Crippen LogP contribution in [-0.2, 0) is 14.5 Å². The van der Waals surface area contributed by atoms with Crippen LogP contribution in [-0.4, -0.2) is 27.8 Å². The van der Waals surface area contributed by atoms with Crippen molar-refractivity contribution < 1.29 is 19.3 Å². The Morgan fingerprint density at radius 2 is 1.95 bits per heavy atom. The lowest BCUT2D eigenvalue weighted by molar-refractivity contribution is -0.217. The highest BCUT2D eigenvalue weighted by Crippen LogP contribution is 2.07. The molecule has 0 amide bonds. The number of carbonyl (C=O) groups is 1. The van der Waals surface area contributed by atoms with E-state index in [1.807, 2.05) is 17.8 Å². The standard InChI is InChI=1S/C14H19O4Si/c1-5-19(3,4)13-8-6-12(7-9-13)14(15)18-17-11-10-16-2/h5-9,11H,1,10H2,2-4H3. The van der Waals surface area contributed by atoms with E-state index in [1.165, 1.54) is 18.9 Å². The van der Waals surface area contributed by atoms with Gasteiger partial charge in [0.2, 0.25) is 0 Å². The van der Waals surface area contributed by atoms with Gasteiger partial charge in [-0.1, -0.05) is 36.1 Å². The van der Waals surface area contributed by atoms with Gasteiger partial charge >= 0.3 is 5.97 Å². The monoisotopic (exact) mass is 279 g/mol. The predicted octanol–water partition coefficient (Wildman–Crippen LogP) is 2.22. The molecule has 0 saturated heterocycles. The van der Waals surface area contributed by atoms with E-state index in [-0.39, 0.29) is 6.61 Å². The molecule has 19 heavy (non-hydrogen) atoms. The quantitative estimate of drug-likeness (QED) is 0.332. The Labute approximate surface area is 114 Å². The maximum Gasteiger partial charge on any atom is 0.373 e. The van der Waals surface area contributed by atoms with Gasteiger partial charge in [-0.05, 0) is 12.1 Å². The summed E-state index contributed by atoms with van der Waals surface area (Å²) >= 11 is 0. The Morgan fingerprint density at radius 1 is 1.32 bits per heavy atom. The van der Waals surface area contributed by atoms with Crippen molar-refractivity contribution in [1.82, 2.24) is 0 Å². The van der Waals surface area contributed by atoms with E-state index in [0.717, 1.165) is 0 Å². The highest BCUT2D eigenvalue weighted by Gasteiger charge is 2.19. The Bertz CT molecular complexity index is 426. The number of methoxy groups -OCH3 is 1. The molecule has 0 aliphatic carbocycles. The van der Waals surface area contributed by atoms with Gasteiger partial charge in [0.15, 0.2) is 6.61 Å². The third kappa shape index (κ3) is 4.63. The largest absolute Gasteiger partial charge is 0.382 e. The molecule has 0 bridgehead atoms. The first-order chi connectivity index (χ1) is 9.01. The average Bonchev–Trinajstić information content (AvgIpc) is 2.43. The summed E-state index contributed by atoms with van der Waals surface area (Å²) in [7, 11) is -0.0699. The van der Waals surface area contributed by atoms with Gasteiger partial charge < -0.3 is 4.74 Å². The van der Waals surface area contributed by atoms with E-state index < -0.39 is 14.0 Å². The molecule has 0 unspecified atom stereocenters. The summed E-state index contributed by atoms with van der Waals surface area (Å²) in [4.78, 5) is 20.8. The number of carbonyl (C=O) groups excluding carboxylic acids is 1. The van der Waals surface area contributed by atoms with E-state index in [2.05, 4.69) is 29.4 Å². The second kappa shape index (κ2) is 7.23. The minimum Gasteiger partial charge on any atom is -0.382 e. The second-order valence-electron chi connectivity index (χ2n) is 4.59. The maximum atomic E-state index is 11.6. The normalized spacial score (nSPS) is 11.1. The molecule has 1 rings (SSSR count). The van der Waals surface area contributed by atoms with Crippen molar-refractivity contribution in [3.8, 4) is 0 Å². The summed E-state index contributed by atoms with van der Waals surface area (Å²) in [5, 5.41) is 1.21. The Balaban J connectivity index is 2.61. The predicted molar refractivity (Wildman–Crippen MR) is 76.4 cm³/mol. The summed E-state index contributed by atoms with van der Waals surface area (Å²) in [6.45, 7) is 9.76. The third-order valence-corrected chi connectivity index (χ3v) is 5.64. The summed E-state index contributed by atoms with van der Waals surface area (Å²) in [6.07, 6.45) is 0. The molecule has 4 nitrogen and oxygen atoms in total. The van der Waals surface area contributed by atoms with Crippen molar-refractivity contribution in [2.75, 3.05) is 13.7 Å². The van der Waals surface area contributed by atoms with E-state index in [0.29, 0.717) is 5.56 Å². The lowest BCUT2D eigenvalue weighted by Crippen LogP contribution is -2.39. The van der Waals surface area contributed by atoms with Crippen molar-refractivity contribution in [2.24, 2.45) is 0 Å². The SMILES string of the molecule is C=C[Si](C)(C)c1ccc(C(=O)OO[CH]COC)cc1. The zero-order chi connectivity index (χ0) is 14.3. The van der Waals surface area contributed by atoms with Crippen LogP contribution in [0.3, 0.4) is 0 Å². The van der Waals surface area contributed by atoms with Crippen molar-refractivity contribution in [1.29, 1.82) is 0 Å². The number of hydrogen-bond acceptors (Lipinski definition) is 4. The Kier molecular flexibility index (Phi) is 5.94. The molecule has 0 aliphatic heterocycles. The van der Waals surface area contributed by atoms with Gasteiger partial charge in [-0.15, -0.1) is 6.58 Å². The summed E-state index contributed by atoms with van der Waals surface area (Å²) in [5.41, 5.74) is 2.45. The molecule has 103 valence electrons. The molecule has 0 atom stereocenters. The van der Waals surface area contributed by atoms with Crippen LogP contribution in [0.1, 0.15) is 10.4 Å². The van der Waals surface area contributed by atoms with Gasteiger partial charge in [0, 0.05) is 7.11 Å². The molecule has 1 aromatic rings. The summed E-state index contributed by atoms with van der Waals surface area (Å²) in [6, 6.07) is 7.33. The van der Waals surface area contributed by atoms with Crippen LogP contribution >= 0.6 is 0 Å². The molecular weight excluding hydrogens is 260 g/mol. The summed E-state index contributed by atoms with van der Waals surface area (Å²) in [5.74, 6) is -0.531. The molecule has 0 heterocycles. The van der Waals surface area contributed by atoms with Crippen molar-refractivity contribution >= 4 is 19.2 Å². The van der Waals surface area contributed by atoms with Crippen LogP contribution in [0.25, 0.3) is 0 Å². The molecule has 0 aliphatic rings. The van der Waals surface area contributed by atoms with E-state index in [9.17, 15) is 4.79 Å². The zero-order valence-corrected chi connectivity index (χ0v) is 12.5. The lowest BCUT2D eigenvalue weighted by Gasteiger charge is -2.17. The van der Waals surface area contributed by atoms with Crippen LogP contribution in [0.15, 0.2) is 36.5 Å². The van der Waals surface area contributed by atoms with Crippen molar-refractivity contribution in [3.05, 3.63) is 48.7 Å². The van der Waals surface area contributed by atoms with Gasteiger partial charge in [0.05, 0.1) is 12.2 Å². The van der Waals surface area contributed by atoms with Crippen molar-refractivity contribution in [2.45, 2.75) is 13.1 Å². The average molecular weight is 279 g/mol. The number of benzene rings is 1. The van der Waals surface area contributed by atoms with Gasteiger partial charge in [0.25, 0.3) is 0 Å². The highest BCUT2D eigenvalue weighted by atomic mass is 28.3. The first-order valence-electron chi connectivity index (χ1n) is 5.93. The molecule has 1 radical (unpaired) electrons. The van der Waals surface area contributed by atoms with E-state index >= 15 is 0 Å². The van der Waals surface area contributed by atoms with Crippen LogP contribution < -0.4 is 5.19 Å². The van der Waals surface area contributed by atoms with E-state index in [1.54, 1.807) is 12.1 Å². The molecular formula is C14H19O4Si. The lowest BCUT2D eigenvalue weighted by atomic mass is 10.2. The third-order valence-electron chi connectivity index (χ3n) is 2.80. The van der Waals surface area contributed by atoms with Gasteiger partial charge in [-0.3, -0.25) is 4.89 Å². The van der Waals surface area contributed by atoms with Crippen LogP contribution in [0, 0.1) is 6.61 Å². The first kappa shape index (κ1) is 15.6. The smallest absolute Gasteiger partial charge is 0.373 e. The topological polar surface area (TPSA) is 44.8 Å². The summed E-state index contributed by atoms with van der Waals surface area (Å²) < 4.78 is 4.72. The molecule has 0 spiro atoms. The molecule has 1 aromatic carbocycles. The number of ether oxygens (including phenoxy) is 1. The second-order valence-corrected chi connectivity index (χ2v) is 9.02. The maximum absolute atomic E-state index is 11.6. The number of rotatable bonds is 7. The minimum absolute atomic E-state index is 0.255. The fourth-order valence-electron chi connectivity index (χ4n) is 1.38. The van der Waals surface area contributed by atoms with Crippen LogP contribution in [0.2, 0.25) is 13.1 Å². The fraction of sp³-hybridized carbons (Fsp3) is 0.286. The van der Waals surface area contributed by atoms with Crippen LogP contribution in [0.5, 0.6) is 0 Å². The number of hydrogen-bond donors (Lipinski definition) is 0. The Hall–Kier alpha value is -1.43. The minimum atomic E-state index is -1.59. The highest BCUT2D eigenvalue weighted by molar-refractivity contribution is 6.93. The molecule has 0 saturated carbocycles.